The number of aryl methyl sites for hydroxylation is 1. The van der Waals surface area contributed by atoms with Gasteiger partial charge in [0, 0.05) is 16.5 Å². The van der Waals surface area contributed by atoms with Crippen molar-refractivity contribution in [3.63, 3.8) is 0 Å². The molecule has 1 aliphatic carbocycles. The molecule has 1 atom stereocenters. The van der Waals surface area contributed by atoms with E-state index in [1.54, 1.807) is 0 Å². The number of rotatable bonds is 3. The van der Waals surface area contributed by atoms with E-state index in [9.17, 15) is 5.26 Å². The fraction of sp³-hybridized carbons (Fsp3) is 0.0513. The third-order valence-corrected chi connectivity index (χ3v) is 8.78. The van der Waals surface area contributed by atoms with Crippen LogP contribution < -0.4 is 0 Å². The molecule has 0 saturated carbocycles. The summed E-state index contributed by atoms with van der Waals surface area (Å²) in [6.07, 6.45) is 0. The molecule has 0 fully saturated rings. The van der Waals surface area contributed by atoms with Crippen LogP contribution >= 0.6 is 0 Å². The number of hydrogen-bond acceptors (Lipinski definition) is 1. The van der Waals surface area contributed by atoms with Crippen LogP contribution in [0.25, 0.3) is 38.6 Å². The van der Waals surface area contributed by atoms with Gasteiger partial charge < -0.3 is 4.57 Å². The number of nitriles is 1. The van der Waals surface area contributed by atoms with E-state index in [2.05, 4.69) is 151 Å². The molecule has 41 heavy (non-hydrogen) atoms. The normalized spacial score (nSPS) is 15.5. The smallest absolute Gasteiger partial charge is 0.0991 e. The predicted octanol–water partition coefficient (Wildman–Crippen LogP) is 9.33. The molecule has 0 bridgehead atoms. The van der Waals surface area contributed by atoms with E-state index in [1.165, 1.54) is 55.2 Å². The molecule has 0 aliphatic heterocycles. The summed E-state index contributed by atoms with van der Waals surface area (Å²) in [4.78, 5) is 0. The van der Waals surface area contributed by atoms with E-state index in [1.807, 2.05) is 6.07 Å². The Labute approximate surface area is 239 Å². The second kappa shape index (κ2) is 8.81. The number of fused-ring (bicyclic) bond motifs is 6. The molecule has 0 unspecified atom stereocenters. The second-order valence-electron chi connectivity index (χ2n) is 11.0. The van der Waals surface area contributed by atoms with Gasteiger partial charge in [-0.05, 0) is 82.8 Å². The Kier molecular flexibility index (Phi) is 5.05. The standard InChI is InChI=1S/C39H26N2/c1-26-15-18-28(19-16-26)39(35-13-7-5-11-31(35)33-23-27(25-40)17-21-36(33)39)29-20-22-38-34(24-29)32-12-6-8-14-37(32)41(38)30-9-3-2-4-10-30/h2-24H,1H3/t39-/m1/s1. The lowest BCUT2D eigenvalue weighted by Gasteiger charge is -2.34. The van der Waals surface area contributed by atoms with E-state index in [4.69, 9.17) is 0 Å². The highest BCUT2D eigenvalue weighted by molar-refractivity contribution is 6.09. The van der Waals surface area contributed by atoms with Gasteiger partial charge in [0.15, 0.2) is 0 Å². The highest BCUT2D eigenvalue weighted by atomic mass is 15.0. The maximum atomic E-state index is 9.77. The Balaban J connectivity index is 1.51. The molecule has 7 aromatic rings. The molecule has 0 amide bonds. The van der Waals surface area contributed by atoms with Crippen LogP contribution in [0.5, 0.6) is 0 Å². The van der Waals surface area contributed by atoms with Crippen molar-refractivity contribution in [3.8, 4) is 22.9 Å². The fourth-order valence-electron chi connectivity index (χ4n) is 7.01. The second-order valence-corrected chi connectivity index (χ2v) is 11.0. The summed E-state index contributed by atoms with van der Waals surface area (Å²) >= 11 is 0. The third-order valence-electron chi connectivity index (χ3n) is 8.78. The first-order valence-electron chi connectivity index (χ1n) is 14.0. The van der Waals surface area contributed by atoms with Crippen molar-refractivity contribution in [2.24, 2.45) is 0 Å². The molecule has 2 nitrogen and oxygen atoms in total. The molecular formula is C39H26N2. The Morgan fingerprint density at radius 3 is 2.07 bits per heavy atom. The average Bonchev–Trinajstić information content (AvgIpc) is 3.52. The molecule has 192 valence electrons. The van der Waals surface area contributed by atoms with Gasteiger partial charge in [-0.25, -0.2) is 0 Å². The van der Waals surface area contributed by atoms with Crippen molar-refractivity contribution < 1.29 is 0 Å². The van der Waals surface area contributed by atoms with Crippen molar-refractivity contribution in [2.45, 2.75) is 12.3 Å². The quantitative estimate of drug-likeness (QED) is 0.227. The molecular weight excluding hydrogens is 496 g/mol. The van der Waals surface area contributed by atoms with Gasteiger partial charge in [-0.15, -0.1) is 0 Å². The van der Waals surface area contributed by atoms with Gasteiger partial charge in [0.25, 0.3) is 0 Å². The lowest BCUT2D eigenvalue weighted by Crippen LogP contribution is -2.28. The lowest BCUT2D eigenvalue weighted by atomic mass is 9.67. The van der Waals surface area contributed by atoms with Gasteiger partial charge in [0.1, 0.15) is 0 Å². The Bertz CT molecular complexity index is 2160. The van der Waals surface area contributed by atoms with E-state index < -0.39 is 5.41 Å². The van der Waals surface area contributed by atoms with Gasteiger partial charge in [-0.3, -0.25) is 0 Å². The van der Waals surface area contributed by atoms with E-state index in [-0.39, 0.29) is 0 Å². The lowest BCUT2D eigenvalue weighted by molar-refractivity contribution is 0.769. The molecule has 6 aromatic carbocycles. The van der Waals surface area contributed by atoms with E-state index >= 15 is 0 Å². The topological polar surface area (TPSA) is 28.7 Å². The molecule has 1 aliphatic rings. The van der Waals surface area contributed by atoms with Crippen LogP contribution in [0.3, 0.4) is 0 Å². The van der Waals surface area contributed by atoms with Crippen LogP contribution in [0.4, 0.5) is 0 Å². The summed E-state index contributed by atoms with van der Waals surface area (Å²) in [6, 6.07) is 52.5. The number of hydrogen-bond donors (Lipinski definition) is 0. The Morgan fingerprint density at radius 1 is 0.561 bits per heavy atom. The van der Waals surface area contributed by atoms with Crippen molar-refractivity contribution in [3.05, 3.63) is 173 Å². The highest BCUT2D eigenvalue weighted by Gasteiger charge is 2.46. The molecule has 0 spiro atoms. The van der Waals surface area contributed by atoms with Crippen molar-refractivity contribution in [2.75, 3.05) is 0 Å². The molecule has 0 radical (unpaired) electrons. The molecule has 8 rings (SSSR count). The van der Waals surface area contributed by atoms with Gasteiger partial charge in [0.05, 0.1) is 28.1 Å². The summed E-state index contributed by atoms with van der Waals surface area (Å²) in [5, 5.41) is 12.2. The Morgan fingerprint density at radius 2 is 1.24 bits per heavy atom. The fourth-order valence-corrected chi connectivity index (χ4v) is 7.01. The molecule has 1 heterocycles. The number of benzene rings is 6. The Hall–Kier alpha value is -5.39. The van der Waals surface area contributed by atoms with Crippen LogP contribution in [-0.2, 0) is 5.41 Å². The van der Waals surface area contributed by atoms with Crippen molar-refractivity contribution >= 4 is 21.8 Å². The minimum absolute atomic E-state index is 0.516. The van der Waals surface area contributed by atoms with Crippen LogP contribution in [0.2, 0.25) is 0 Å². The zero-order valence-electron chi connectivity index (χ0n) is 22.7. The molecule has 2 heteroatoms. The summed E-state index contributed by atoms with van der Waals surface area (Å²) < 4.78 is 2.36. The highest BCUT2D eigenvalue weighted by Crippen LogP contribution is 2.56. The minimum atomic E-state index is -0.516. The average molecular weight is 523 g/mol. The monoisotopic (exact) mass is 522 g/mol. The minimum Gasteiger partial charge on any atom is -0.309 e. The summed E-state index contributed by atoms with van der Waals surface area (Å²) in [5.74, 6) is 0. The maximum absolute atomic E-state index is 9.77. The van der Waals surface area contributed by atoms with Gasteiger partial charge in [0.2, 0.25) is 0 Å². The summed E-state index contributed by atoms with van der Waals surface area (Å²) in [5.41, 5.74) is 12.2. The largest absolute Gasteiger partial charge is 0.309 e. The van der Waals surface area contributed by atoms with E-state index in [0.717, 1.165) is 11.3 Å². The van der Waals surface area contributed by atoms with Crippen LogP contribution in [0.15, 0.2) is 140 Å². The first-order valence-corrected chi connectivity index (χ1v) is 14.0. The zero-order valence-corrected chi connectivity index (χ0v) is 22.7. The van der Waals surface area contributed by atoms with Crippen molar-refractivity contribution in [1.82, 2.24) is 4.57 Å². The van der Waals surface area contributed by atoms with Gasteiger partial charge >= 0.3 is 0 Å². The first-order chi connectivity index (χ1) is 20.2. The molecule has 0 N–H and O–H groups in total. The molecule has 0 saturated heterocycles. The van der Waals surface area contributed by atoms with Crippen LogP contribution in [-0.4, -0.2) is 4.57 Å². The predicted molar refractivity (Wildman–Crippen MR) is 168 cm³/mol. The first kappa shape index (κ1) is 23.5. The number of nitrogens with zero attached hydrogens (tertiary/aromatic N) is 2. The third kappa shape index (κ3) is 3.24. The zero-order chi connectivity index (χ0) is 27.6. The van der Waals surface area contributed by atoms with Crippen molar-refractivity contribution in [1.29, 1.82) is 5.26 Å². The SMILES string of the molecule is Cc1ccc([C@@]2(c3ccc4c(c3)c3ccccc3n4-c3ccccc3)c3ccccc3-c3cc(C#N)ccc32)cc1. The van der Waals surface area contributed by atoms with Crippen LogP contribution in [0.1, 0.15) is 33.4 Å². The van der Waals surface area contributed by atoms with Crippen LogP contribution in [0, 0.1) is 18.3 Å². The number of aromatic nitrogens is 1. The summed E-state index contributed by atoms with van der Waals surface area (Å²) in [7, 11) is 0. The van der Waals surface area contributed by atoms with Gasteiger partial charge in [-0.2, -0.15) is 5.26 Å². The maximum Gasteiger partial charge on any atom is 0.0991 e. The van der Waals surface area contributed by atoms with Gasteiger partial charge in [-0.1, -0.05) is 103 Å². The molecule has 1 aromatic heterocycles. The van der Waals surface area contributed by atoms with E-state index in [0.29, 0.717) is 5.56 Å². The summed E-state index contributed by atoms with van der Waals surface area (Å²) in [6.45, 7) is 2.14. The number of para-hydroxylation sites is 2.